The standard InChI is InChI=1S/C21H17FN4O2S/c1-12-3-5-15(6-4-12)21-24-17(11-29-21)19(27)23-13(2)20-25-18(26-28-20)14-7-9-16(22)10-8-14/h3-11,13H,1-2H3,(H,23,27)/t13-/m1/s1. The number of nitrogens with one attached hydrogen (secondary N) is 1. The second kappa shape index (κ2) is 7.92. The maximum absolute atomic E-state index is 13.1. The molecule has 0 bridgehead atoms. The van der Waals surface area contributed by atoms with Gasteiger partial charge >= 0.3 is 0 Å². The van der Waals surface area contributed by atoms with Crippen LogP contribution in [0.15, 0.2) is 58.4 Å². The normalized spacial score (nSPS) is 12.0. The van der Waals surface area contributed by atoms with E-state index in [9.17, 15) is 9.18 Å². The van der Waals surface area contributed by atoms with Gasteiger partial charge in [-0.2, -0.15) is 4.98 Å². The molecule has 6 nitrogen and oxygen atoms in total. The Morgan fingerprint density at radius 3 is 2.48 bits per heavy atom. The SMILES string of the molecule is Cc1ccc(-c2nc(C(=O)N[C@H](C)c3nc(-c4ccc(F)cc4)no3)cs2)cc1. The van der Waals surface area contributed by atoms with Crippen LogP contribution in [0.3, 0.4) is 0 Å². The summed E-state index contributed by atoms with van der Waals surface area (Å²) in [4.78, 5) is 21.3. The number of rotatable bonds is 5. The molecule has 0 spiro atoms. The van der Waals surface area contributed by atoms with Gasteiger partial charge in [0.15, 0.2) is 0 Å². The maximum atomic E-state index is 13.1. The number of carbonyl (C=O) groups is 1. The third-order valence-corrected chi connectivity index (χ3v) is 5.19. The van der Waals surface area contributed by atoms with Gasteiger partial charge in [-0.1, -0.05) is 35.0 Å². The number of thiazole rings is 1. The van der Waals surface area contributed by atoms with Crippen LogP contribution >= 0.6 is 11.3 Å². The summed E-state index contributed by atoms with van der Waals surface area (Å²) in [6, 6.07) is 13.2. The third-order valence-electron chi connectivity index (χ3n) is 4.30. The molecule has 0 aliphatic heterocycles. The Hall–Kier alpha value is -3.39. The van der Waals surface area contributed by atoms with Gasteiger partial charge < -0.3 is 9.84 Å². The van der Waals surface area contributed by atoms with Crippen molar-refractivity contribution < 1.29 is 13.7 Å². The number of aromatic nitrogens is 3. The zero-order valence-corrected chi connectivity index (χ0v) is 16.5. The van der Waals surface area contributed by atoms with E-state index in [1.54, 1.807) is 24.4 Å². The van der Waals surface area contributed by atoms with Crippen LogP contribution in [0.25, 0.3) is 22.0 Å². The molecule has 0 aliphatic carbocycles. The highest BCUT2D eigenvalue weighted by Crippen LogP contribution is 2.24. The first kappa shape index (κ1) is 18.9. The lowest BCUT2D eigenvalue weighted by Gasteiger charge is -2.07. The van der Waals surface area contributed by atoms with Crippen LogP contribution < -0.4 is 5.32 Å². The van der Waals surface area contributed by atoms with E-state index in [0.717, 1.165) is 16.1 Å². The molecule has 1 atom stereocenters. The minimum atomic E-state index is -0.506. The minimum absolute atomic E-state index is 0.256. The second-order valence-corrected chi connectivity index (χ2v) is 7.42. The van der Waals surface area contributed by atoms with Crippen LogP contribution in [0.2, 0.25) is 0 Å². The molecule has 0 fully saturated rings. The molecule has 2 heterocycles. The molecule has 0 saturated heterocycles. The van der Waals surface area contributed by atoms with Gasteiger partial charge in [-0.15, -0.1) is 11.3 Å². The summed E-state index contributed by atoms with van der Waals surface area (Å²) < 4.78 is 18.3. The van der Waals surface area contributed by atoms with Gasteiger partial charge in [0.25, 0.3) is 5.91 Å². The number of aryl methyl sites for hydroxylation is 1. The van der Waals surface area contributed by atoms with Crippen LogP contribution in [0, 0.1) is 12.7 Å². The fourth-order valence-corrected chi connectivity index (χ4v) is 3.47. The number of hydrogen-bond donors (Lipinski definition) is 1. The van der Waals surface area contributed by atoms with Crippen LogP contribution in [0.1, 0.15) is 34.9 Å². The third kappa shape index (κ3) is 4.22. The van der Waals surface area contributed by atoms with Crippen LogP contribution in [-0.2, 0) is 0 Å². The largest absolute Gasteiger partial charge is 0.339 e. The van der Waals surface area contributed by atoms with E-state index in [1.807, 2.05) is 31.2 Å². The zero-order chi connectivity index (χ0) is 20.4. The lowest BCUT2D eigenvalue weighted by molar-refractivity contribution is 0.0928. The number of halogens is 1. The summed E-state index contributed by atoms with van der Waals surface area (Å²) in [5.74, 6) is -0.0805. The summed E-state index contributed by atoms with van der Waals surface area (Å²) in [5, 5.41) is 9.20. The number of nitrogens with zero attached hydrogens (tertiary/aromatic N) is 3. The second-order valence-electron chi connectivity index (χ2n) is 6.56. The number of amides is 1. The van der Waals surface area contributed by atoms with Gasteiger partial charge in [0.1, 0.15) is 22.6 Å². The van der Waals surface area contributed by atoms with Gasteiger partial charge in [0, 0.05) is 16.5 Å². The molecule has 0 unspecified atom stereocenters. The van der Waals surface area contributed by atoms with E-state index in [4.69, 9.17) is 4.52 Å². The molecule has 4 aromatic rings. The van der Waals surface area contributed by atoms with Gasteiger partial charge in [0.05, 0.1) is 0 Å². The highest BCUT2D eigenvalue weighted by atomic mass is 32.1. The van der Waals surface area contributed by atoms with Crippen molar-refractivity contribution >= 4 is 17.2 Å². The molecule has 2 aromatic heterocycles. The van der Waals surface area contributed by atoms with E-state index in [1.165, 1.54) is 23.5 Å². The predicted octanol–water partition coefficient (Wildman–Crippen LogP) is 4.80. The molecule has 146 valence electrons. The lowest BCUT2D eigenvalue weighted by Crippen LogP contribution is -2.27. The average Bonchev–Trinajstić information content (AvgIpc) is 3.39. The van der Waals surface area contributed by atoms with Crippen molar-refractivity contribution in [2.45, 2.75) is 19.9 Å². The maximum Gasteiger partial charge on any atom is 0.271 e. The molecule has 29 heavy (non-hydrogen) atoms. The Labute approximate surface area is 170 Å². The summed E-state index contributed by atoms with van der Waals surface area (Å²) in [6.07, 6.45) is 0. The Bertz CT molecular complexity index is 1140. The molecule has 1 amide bonds. The average molecular weight is 408 g/mol. The molecule has 0 radical (unpaired) electrons. The Balaban J connectivity index is 1.45. The predicted molar refractivity (Wildman–Crippen MR) is 108 cm³/mol. The Morgan fingerprint density at radius 2 is 1.76 bits per heavy atom. The molecule has 0 aliphatic rings. The molecular formula is C21H17FN4O2S. The Kier molecular flexibility index (Phi) is 5.18. The van der Waals surface area contributed by atoms with Crippen molar-refractivity contribution in [2.75, 3.05) is 0 Å². The molecule has 2 aromatic carbocycles. The van der Waals surface area contributed by atoms with Gasteiger partial charge in [-0.25, -0.2) is 9.37 Å². The van der Waals surface area contributed by atoms with E-state index < -0.39 is 6.04 Å². The van der Waals surface area contributed by atoms with Crippen LogP contribution in [-0.4, -0.2) is 21.0 Å². The topological polar surface area (TPSA) is 80.9 Å². The summed E-state index contributed by atoms with van der Waals surface area (Å²) in [5.41, 5.74) is 3.09. The fourth-order valence-electron chi connectivity index (χ4n) is 2.67. The molecule has 4 rings (SSSR count). The summed E-state index contributed by atoms with van der Waals surface area (Å²) >= 11 is 1.41. The van der Waals surface area contributed by atoms with Crippen molar-refractivity contribution in [3.8, 4) is 22.0 Å². The van der Waals surface area contributed by atoms with Gasteiger partial charge in [-0.3, -0.25) is 4.79 Å². The molecule has 0 saturated carbocycles. The summed E-state index contributed by atoms with van der Waals surface area (Å²) in [7, 11) is 0. The smallest absolute Gasteiger partial charge is 0.271 e. The first-order valence-corrected chi connectivity index (χ1v) is 9.80. The van der Waals surface area contributed by atoms with Crippen molar-refractivity contribution in [2.24, 2.45) is 0 Å². The first-order chi connectivity index (χ1) is 14.0. The summed E-state index contributed by atoms with van der Waals surface area (Å²) in [6.45, 7) is 3.76. The number of benzene rings is 2. The Morgan fingerprint density at radius 1 is 1.07 bits per heavy atom. The zero-order valence-electron chi connectivity index (χ0n) is 15.7. The monoisotopic (exact) mass is 408 g/mol. The lowest BCUT2D eigenvalue weighted by atomic mass is 10.2. The number of hydrogen-bond acceptors (Lipinski definition) is 6. The van der Waals surface area contributed by atoms with Crippen LogP contribution in [0.4, 0.5) is 4.39 Å². The first-order valence-electron chi connectivity index (χ1n) is 8.92. The van der Waals surface area contributed by atoms with Gasteiger partial charge in [-0.05, 0) is 38.1 Å². The van der Waals surface area contributed by atoms with Crippen molar-refractivity contribution in [3.63, 3.8) is 0 Å². The van der Waals surface area contributed by atoms with Gasteiger partial charge in [0.2, 0.25) is 11.7 Å². The molecular weight excluding hydrogens is 391 g/mol. The van der Waals surface area contributed by atoms with Crippen molar-refractivity contribution in [1.82, 2.24) is 20.4 Å². The quantitative estimate of drug-likeness (QED) is 0.513. The highest BCUT2D eigenvalue weighted by Gasteiger charge is 2.20. The van der Waals surface area contributed by atoms with E-state index in [2.05, 4.69) is 20.4 Å². The van der Waals surface area contributed by atoms with Crippen LogP contribution in [0.5, 0.6) is 0 Å². The molecule has 8 heteroatoms. The molecule has 1 N–H and O–H groups in total. The highest BCUT2D eigenvalue weighted by molar-refractivity contribution is 7.13. The van der Waals surface area contributed by atoms with Crippen molar-refractivity contribution in [3.05, 3.63) is 76.9 Å². The van der Waals surface area contributed by atoms with E-state index >= 15 is 0 Å². The minimum Gasteiger partial charge on any atom is -0.339 e. The van der Waals surface area contributed by atoms with E-state index in [0.29, 0.717) is 17.1 Å². The van der Waals surface area contributed by atoms with E-state index in [-0.39, 0.29) is 17.6 Å². The number of carbonyl (C=O) groups excluding carboxylic acids is 1. The van der Waals surface area contributed by atoms with Crippen molar-refractivity contribution in [1.29, 1.82) is 0 Å². The fraction of sp³-hybridized carbons (Fsp3) is 0.143.